The van der Waals surface area contributed by atoms with Crippen LogP contribution in [-0.4, -0.2) is 18.0 Å². The monoisotopic (exact) mass is 316 g/mol. The van der Waals surface area contributed by atoms with Gasteiger partial charge in [0, 0.05) is 18.4 Å². The molecule has 0 spiro atoms. The Hall–Kier alpha value is -1.58. The Morgan fingerprint density at radius 3 is 2.30 bits per heavy atom. The van der Waals surface area contributed by atoms with Gasteiger partial charge in [-0.3, -0.25) is 0 Å². The first-order valence-electron chi connectivity index (χ1n) is 8.26. The predicted octanol–water partition coefficient (Wildman–Crippen LogP) is 5.11. The fourth-order valence-electron chi connectivity index (χ4n) is 3.02. The quantitative estimate of drug-likeness (QED) is 0.722. The highest BCUT2D eigenvalue weighted by molar-refractivity contribution is 5.90. The molecule has 2 unspecified atom stereocenters. The van der Waals surface area contributed by atoms with Crippen molar-refractivity contribution in [2.24, 2.45) is 11.8 Å². The summed E-state index contributed by atoms with van der Waals surface area (Å²) in [7, 11) is 1.70. The van der Waals surface area contributed by atoms with Crippen molar-refractivity contribution >= 4 is 10.8 Å². The molecular weight excluding hydrogens is 288 g/mol. The molecule has 0 bridgehead atoms. The Balaban J connectivity index is 2.21. The topological polar surface area (TPSA) is 38.7 Å². The second-order valence-corrected chi connectivity index (χ2v) is 6.83. The second kappa shape index (κ2) is 7.33. The van der Waals surface area contributed by atoms with Gasteiger partial charge in [0.2, 0.25) is 0 Å². The Kier molecular flexibility index (Phi) is 5.66. The molecule has 1 N–H and O–H groups in total. The fraction of sp³-hybridized carbons (Fsp3) is 0.500. The Morgan fingerprint density at radius 1 is 1.04 bits per heavy atom. The van der Waals surface area contributed by atoms with Crippen LogP contribution in [-0.2, 0) is 16.1 Å². The van der Waals surface area contributed by atoms with E-state index in [0.717, 1.165) is 22.8 Å². The molecule has 0 saturated carbocycles. The molecule has 3 heteroatoms. The maximum atomic E-state index is 9.99. The van der Waals surface area contributed by atoms with Gasteiger partial charge in [0.15, 0.2) is 5.79 Å². The Bertz CT molecular complexity index is 650. The molecule has 0 radical (unpaired) electrons. The van der Waals surface area contributed by atoms with E-state index in [-0.39, 0.29) is 5.92 Å². The van der Waals surface area contributed by atoms with Gasteiger partial charge in [0.1, 0.15) is 5.75 Å². The summed E-state index contributed by atoms with van der Waals surface area (Å²) in [6.07, 6.45) is 1.04. The summed E-state index contributed by atoms with van der Waals surface area (Å²) >= 11 is 0. The van der Waals surface area contributed by atoms with Crippen LogP contribution < -0.4 is 0 Å². The summed E-state index contributed by atoms with van der Waals surface area (Å²) in [5.74, 6) is 0.559. The molecule has 0 saturated heterocycles. The van der Waals surface area contributed by atoms with Crippen molar-refractivity contribution in [3.8, 4) is 5.75 Å². The van der Waals surface area contributed by atoms with Crippen molar-refractivity contribution in [3.05, 3.63) is 42.0 Å². The molecule has 126 valence electrons. The predicted molar refractivity (Wildman–Crippen MR) is 94.4 cm³/mol. The number of aromatic hydroxyl groups is 1. The normalized spacial score (nSPS) is 15.7. The van der Waals surface area contributed by atoms with Crippen LogP contribution in [0.1, 0.15) is 39.7 Å². The first kappa shape index (κ1) is 17.8. The molecular formula is C20H28O3. The number of fused-ring (bicyclic) bond motifs is 1. The van der Waals surface area contributed by atoms with Crippen LogP contribution in [0.25, 0.3) is 10.8 Å². The number of rotatable bonds is 7. The number of methoxy groups -OCH3 is 1. The summed E-state index contributed by atoms with van der Waals surface area (Å²) in [6, 6.07) is 11.5. The maximum Gasteiger partial charge on any atom is 0.168 e. The van der Waals surface area contributed by atoms with Crippen molar-refractivity contribution in [3.63, 3.8) is 0 Å². The van der Waals surface area contributed by atoms with Crippen LogP contribution in [0.3, 0.4) is 0 Å². The number of hydrogen-bond acceptors (Lipinski definition) is 3. The number of benzene rings is 2. The van der Waals surface area contributed by atoms with E-state index in [2.05, 4.69) is 20.8 Å². The van der Waals surface area contributed by atoms with Gasteiger partial charge in [-0.15, -0.1) is 0 Å². The minimum atomic E-state index is -0.622. The average Bonchev–Trinajstić information content (AvgIpc) is 2.53. The van der Waals surface area contributed by atoms with E-state index in [9.17, 15) is 5.11 Å². The molecule has 0 aromatic heterocycles. The highest BCUT2D eigenvalue weighted by Crippen LogP contribution is 2.32. The van der Waals surface area contributed by atoms with Gasteiger partial charge >= 0.3 is 0 Å². The SMILES string of the molecule is COC(C)(OCc1ccc(O)c2ccccc12)C(C)CC(C)C. The molecule has 0 amide bonds. The van der Waals surface area contributed by atoms with E-state index in [1.165, 1.54) is 0 Å². The Labute approximate surface area is 139 Å². The molecule has 0 aliphatic heterocycles. The summed E-state index contributed by atoms with van der Waals surface area (Å²) in [6.45, 7) is 9.04. The zero-order valence-corrected chi connectivity index (χ0v) is 14.8. The van der Waals surface area contributed by atoms with Crippen molar-refractivity contribution in [2.75, 3.05) is 7.11 Å². The number of phenols is 1. The highest BCUT2D eigenvalue weighted by atomic mass is 16.7. The van der Waals surface area contributed by atoms with E-state index in [4.69, 9.17) is 9.47 Å². The fourth-order valence-corrected chi connectivity index (χ4v) is 3.02. The lowest BCUT2D eigenvalue weighted by atomic mass is 9.92. The summed E-state index contributed by atoms with van der Waals surface area (Å²) < 4.78 is 11.9. The van der Waals surface area contributed by atoms with Crippen LogP contribution in [0, 0.1) is 11.8 Å². The third-order valence-electron chi connectivity index (χ3n) is 4.63. The first-order valence-corrected chi connectivity index (χ1v) is 8.26. The van der Waals surface area contributed by atoms with Crippen molar-refractivity contribution < 1.29 is 14.6 Å². The molecule has 23 heavy (non-hydrogen) atoms. The van der Waals surface area contributed by atoms with Crippen molar-refractivity contribution in [2.45, 2.75) is 46.5 Å². The van der Waals surface area contributed by atoms with Gasteiger partial charge in [0.25, 0.3) is 0 Å². The van der Waals surface area contributed by atoms with Crippen LogP contribution in [0.15, 0.2) is 36.4 Å². The van der Waals surface area contributed by atoms with E-state index >= 15 is 0 Å². The molecule has 2 aromatic carbocycles. The zero-order valence-electron chi connectivity index (χ0n) is 14.8. The van der Waals surface area contributed by atoms with Crippen molar-refractivity contribution in [1.82, 2.24) is 0 Å². The molecule has 2 rings (SSSR count). The highest BCUT2D eigenvalue weighted by Gasteiger charge is 2.32. The first-order chi connectivity index (χ1) is 10.9. The summed E-state index contributed by atoms with van der Waals surface area (Å²) in [5, 5.41) is 11.9. The molecule has 0 aliphatic carbocycles. The molecule has 2 atom stereocenters. The summed E-state index contributed by atoms with van der Waals surface area (Å²) in [5.41, 5.74) is 1.05. The lowest BCUT2D eigenvalue weighted by molar-refractivity contribution is -0.247. The van der Waals surface area contributed by atoms with Gasteiger partial charge in [0.05, 0.1) is 6.61 Å². The molecule has 0 heterocycles. The van der Waals surface area contributed by atoms with E-state index in [1.54, 1.807) is 13.2 Å². The van der Waals surface area contributed by atoms with E-state index < -0.39 is 5.79 Å². The smallest absolute Gasteiger partial charge is 0.168 e. The van der Waals surface area contributed by atoms with Gasteiger partial charge in [-0.2, -0.15) is 0 Å². The van der Waals surface area contributed by atoms with Crippen molar-refractivity contribution in [1.29, 1.82) is 0 Å². The van der Waals surface area contributed by atoms with Crippen LogP contribution >= 0.6 is 0 Å². The average molecular weight is 316 g/mol. The largest absolute Gasteiger partial charge is 0.507 e. The molecule has 3 nitrogen and oxygen atoms in total. The van der Waals surface area contributed by atoms with Gasteiger partial charge in [-0.1, -0.05) is 51.1 Å². The Morgan fingerprint density at radius 2 is 1.70 bits per heavy atom. The molecule has 2 aromatic rings. The van der Waals surface area contributed by atoms with E-state index in [0.29, 0.717) is 18.3 Å². The number of phenolic OH excluding ortho intramolecular Hbond substituents is 1. The third kappa shape index (κ3) is 4.04. The third-order valence-corrected chi connectivity index (χ3v) is 4.63. The van der Waals surface area contributed by atoms with Crippen LogP contribution in [0.4, 0.5) is 0 Å². The number of hydrogen-bond donors (Lipinski definition) is 1. The van der Waals surface area contributed by atoms with Gasteiger partial charge in [-0.25, -0.2) is 0 Å². The van der Waals surface area contributed by atoms with Crippen LogP contribution in [0.5, 0.6) is 5.75 Å². The second-order valence-electron chi connectivity index (χ2n) is 6.83. The minimum Gasteiger partial charge on any atom is -0.507 e. The number of ether oxygens (including phenoxy) is 2. The standard InChI is InChI=1S/C20H28O3/c1-14(2)12-15(3)20(4,22-5)23-13-16-10-11-19(21)18-9-7-6-8-17(16)18/h6-11,14-15,21H,12-13H2,1-5H3. The van der Waals surface area contributed by atoms with Gasteiger partial charge < -0.3 is 14.6 Å². The lowest BCUT2D eigenvalue weighted by Gasteiger charge is -2.35. The van der Waals surface area contributed by atoms with Crippen LogP contribution in [0.2, 0.25) is 0 Å². The van der Waals surface area contributed by atoms with E-state index in [1.807, 2.05) is 37.3 Å². The summed E-state index contributed by atoms with van der Waals surface area (Å²) in [4.78, 5) is 0. The lowest BCUT2D eigenvalue weighted by Crippen LogP contribution is -2.39. The molecule has 0 fully saturated rings. The molecule has 0 aliphatic rings. The zero-order chi connectivity index (χ0) is 17.0. The maximum absolute atomic E-state index is 9.99. The van der Waals surface area contributed by atoms with Gasteiger partial charge in [-0.05, 0) is 36.3 Å². The minimum absolute atomic E-state index is 0.288.